The molecule has 0 N–H and O–H groups in total. The summed E-state index contributed by atoms with van der Waals surface area (Å²) in [6, 6.07) is 0. The van der Waals surface area contributed by atoms with E-state index in [2.05, 4.69) is 23.6 Å². The van der Waals surface area contributed by atoms with Crippen LogP contribution in [-0.2, 0) is 4.74 Å². The molecule has 2 atom stereocenters. The van der Waals surface area contributed by atoms with Crippen molar-refractivity contribution in [2.45, 2.75) is 45.6 Å². The Morgan fingerprint density at radius 2 is 2.06 bits per heavy atom. The van der Waals surface area contributed by atoms with Gasteiger partial charge in [-0.3, -0.25) is 0 Å². The first kappa shape index (κ1) is 14.3. The highest BCUT2D eigenvalue weighted by atomic mass is 16.5. The van der Waals surface area contributed by atoms with Crippen LogP contribution in [0.4, 0.5) is 0 Å². The summed E-state index contributed by atoms with van der Waals surface area (Å²) >= 11 is 0. The molecule has 2 aliphatic heterocycles. The van der Waals surface area contributed by atoms with E-state index in [1.807, 2.05) is 0 Å². The van der Waals surface area contributed by atoms with Crippen molar-refractivity contribution >= 4 is 0 Å². The third-order valence-electron chi connectivity index (χ3n) is 4.64. The summed E-state index contributed by atoms with van der Waals surface area (Å²) in [6.07, 6.45) is 5.82. The van der Waals surface area contributed by atoms with Crippen LogP contribution in [0.3, 0.4) is 0 Å². The molecule has 0 aromatic carbocycles. The van der Waals surface area contributed by atoms with E-state index in [-0.39, 0.29) is 0 Å². The zero-order valence-electron chi connectivity index (χ0n) is 12.2. The predicted octanol–water partition coefficient (Wildman–Crippen LogP) is 2.22. The van der Waals surface area contributed by atoms with Crippen LogP contribution in [0, 0.1) is 5.92 Å². The molecular formula is C15H30N2O. The Morgan fingerprint density at radius 1 is 1.22 bits per heavy atom. The Labute approximate surface area is 112 Å². The van der Waals surface area contributed by atoms with Gasteiger partial charge in [-0.2, -0.15) is 0 Å². The van der Waals surface area contributed by atoms with Gasteiger partial charge < -0.3 is 14.5 Å². The third kappa shape index (κ3) is 3.94. The largest absolute Gasteiger partial charge is 0.378 e. The molecule has 2 saturated heterocycles. The zero-order chi connectivity index (χ0) is 12.8. The molecular weight excluding hydrogens is 224 g/mol. The van der Waals surface area contributed by atoms with Crippen LogP contribution in [0.25, 0.3) is 0 Å². The van der Waals surface area contributed by atoms with Crippen molar-refractivity contribution < 1.29 is 4.74 Å². The zero-order valence-corrected chi connectivity index (χ0v) is 12.2. The van der Waals surface area contributed by atoms with Crippen LogP contribution in [0.1, 0.15) is 39.5 Å². The average Bonchev–Trinajstić information content (AvgIpc) is 2.43. The Hall–Kier alpha value is -0.120. The second-order valence-corrected chi connectivity index (χ2v) is 5.78. The minimum atomic E-state index is 0.581. The van der Waals surface area contributed by atoms with Crippen LogP contribution in [0.5, 0.6) is 0 Å². The quantitative estimate of drug-likeness (QED) is 0.723. The van der Waals surface area contributed by atoms with Gasteiger partial charge in [0.05, 0.1) is 6.10 Å². The molecule has 0 aliphatic carbocycles. The molecule has 3 heteroatoms. The van der Waals surface area contributed by atoms with Crippen LogP contribution in [0.15, 0.2) is 0 Å². The van der Waals surface area contributed by atoms with E-state index >= 15 is 0 Å². The molecule has 3 nitrogen and oxygen atoms in total. The molecule has 18 heavy (non-hydrogen) atoms. The van der Waals surface area contributed by atoms with Gasteiger partial charge in [0.1, 0.15) is 0 Å². The summed E-state index contributed by atoms with van der Waals surface area (Å²) in [5.41, 5.74) is 0. The lowest BCUT2D eigenvalue weighted by Crippen LogP contribution is -2.46. The fourth-order valence-corrected chi connectivity index (χ4v) is 3.42. The van der Waals surface area contributed by atoms with Crippen molar-refractivity contribution in [2.24, 2.45) is 5.92 Å². The number of fused-ring (bicyclic) bond motifs is 1. The highest BCUT2D eigenvalue weighted by Crippen LogP contribution is 2.28. The average molecular weight is 254 g/mol. The fraction of sp³-hybridized carbons (Fsp3) is 1.00. The van der Waals surface area contributed by atoms with Gasteiger partial charge in [-0.05, 0) is 57.8 Å². The number of nitrogens with zero attached hydrogens (tertiary/aromatic N) is 2. The lowest BCUT2D eigenvalue weighted by Gasteiger charge is -2.41. The molecule has 2 fully saturated rings. The topological polar surface area (TPSA) is 15.7 Å². The van der Waals surface area contributed by atoms with E-state index in [1.165, 1.54) is 65.0 Å². The summed E-state index contributed by atoms with van der Waals surface area (Å²) in [4.78, 5) is 5.19. The van der Waals surface area contributed by atoms with Gasteiger partial charge in [0, 0.05) is 19.7 Å². The number of piperidine rings is 1. The van der Waals surface area contributed by atoms with Gasteiger partial charge >= 0.3 is 0 Å². The minimum absolute atomic E-state index is 0.581. The highest BCUT2D eigenvalue weighted by molar-refractivity contribution is 4.83. The van der Waals surface area contributed by atoms with Gasteiger partial charge in [-0.25, -0.2) is 0 Å². The minimum Gasteiger partial charge on any atom is -0.378 e. The molecule has 2 heterocycles. The van der Waals surface area contributed by atoms with Crippen molar-refractivity contribution in [2.75, 3.05) is 45.9 Å². The van der Waals surface area contributed by atoms with Crippen LogP contribution >= 0.6 is 0 Å². The lowest BCUT2D eigenvalue weighted by molar-refractivity contribution is -0.0664. The third-order valence-corrected chi connectivity index (χ3v) is 4.64. The molecule has 0 radical (unpaired) electrons. The molecule has 2 aliphatic rings. The molecule has 0 saturated carbocycles. The Balaban J connectivity index is 1.65. The maximum Gasteiger partial charge on any atom is 0.0627 e. The second-order valence-electron chi connectivity index (χ2n) is 5.78. The number of likely N-dealkylation sites (tertiary alicyclic amines) is 1. The summed E-state index contributed by atoms with van der Waals surface area (Å²) in [6.45, 7) is 13.0. The molecule has 0 amide bonds. The molecule has 106 valence electrons. The van der Waals surface area contributed by atoms with E-state index in [1.54, 1.807) is 0 Å². The Bertz CT molecular complexity index is 231. The van der Waals surface area contributed by atoms with Crippen molar-refractivity contribution in [1.29, 1.82) is 0 Å². The maximum atomic E-state index is 5.87. The summed E-state index contributed by atoms with van der Waals surface area (Å²) in [5.74, 6) is 0.820. The number of hydrogen-bond donors (Lipinski definition) is 0. The van der Waals surface area contributed by atoms with Gasteiger partial charge in [0.15, 0.2) is 0 Å². The highest BCUT2D eigenvalue weighted by Gasteiger charge is 2.31. The van der Waals surface area contributed by atoms with Crippen LogP contribution in [0.2, 0.25) is 0 Å². The Kier molecular flexibility index (Phi) is 5.93. The van der Waals surface area contributed by atoms with E-state index < -0.39 is 0 Å². The first-order valence-corrected chi connectivity index (χ1v) is 7.89. The van der Waals surface area contributed by atoms with E-state index in [9.17, 15) is 0 Å². The van der Waals surface area contributed by atoms with E-state index in [4.69, 9.17) is 4.74 Å². The van der Waals surface area contributed by atoms with Gasteiger partial charge in [0.25, 0.3) is 0 Å². The SMILES string of the molecule is CCN(CC)CCCN1CC[C@H]2OCCC[C@@H]2C1. The maximum absolute atomic E-state index is 5.87. The van der Waals surface area contributed by atoms with Gasteiger partial charge in [-0.1, -0.05) is 13.8 Å². The van der Waals surface area contributed by atoms with Crippen molar-refractivity contribution in [3.05, 3.63) is 0 Å². The second kappa shape index (κ2) is 7.46. The number of hydrogen-bond acceptors (Lipinski definition) is 3. The standard InChI is InChI=1S/C15H30N2O/c1-3-16(4-2)9-6-10-17-11-8-15-14(13-17)7-5-12-18-15/h14-15H,3-13H2,1-2H3/t14-,15-/m1/s1. The first-order chi connectivity index (χ1) is 8.83. The molecule has 0 aromatic heterocycles. The van der Waals surface area contributed by atoms with Crippen molar-refractivity contribution in [3.63, 3.8) is 0 Å². The smallest absolute Gasteiger partial charge is 0.0627 e. The molecule has 2 rings (SSSR count). The van der Waals surface area contributed by atoms with Crippen LogP contribution < -0.4 is 0 Å². The van der Waals surface area contributed by atoms with Gasteiger partial charge in [0.2, 0.25) is 0 Å². The lowest BCUT2D eigenvalue weighted by atomic mass is 9.88. The first-order valence-electron chi connectivity index (χ1n) is 7.89. The summed E-state index contributed by atoms with van der Waals surface area (Å²) < 4.78 is 5.87. The molecule has 0 spiro atoms. The number of ether oxygens (including phenoxy) is 1. The fourth-order valence-electron chi connectivity index (χ4n) is 3.42. The van der Waals surface area contributed by atoms with E-state index in [0.717, 1.165) is 12.5 Å². The summed E-state index contributed by atoms with van der Waals surface area (Å²) in [5, 5.41) is 0. The summed E-state index contributed by atoms with van der Waals surface area (Å²) in [7, 11) is 0. The number of rotatable bonds is 6. The Morgan fingerprint density at radius 3 is 2.83 bits per heavy atom. The van der Waals surface area contributed by atoms with Crippen molar-refractivity contribution in [1.82, 2.24) is 9.80 Å². The van der Waals surface area contributed by atoms with Gasteiger partial charge in [-0.15, -0.1) is 0 Å². The van der Waals surface area contributed by atoms with Crippen molar-refractivity contribution in [3.8, 4) is 0 Å². The normalized spacial score (nSPS) is 29.5. The predicted molar refractivity (Wildman–Crippen MR) is 75.9 cm³/mol. The molecule has 0 unspecified atom stereocenters. The molecule has 0 bridgehead atoms. The van der Waals surface area contributed by atoms with Crippen LogP contribution in [-0.4, -0.2) is 61.8 Å². The molecule has 0 aromatic rings. The monoisotopic (exact) mass is 254 g/mol. The van der Waals surface area contributed by atoms with E-state index in [0.29, 0.717) is 6.10 Å².